The van der Waals surface area contributed by atoms with Gasteiger partial charge in [0, 0.05) is 16.3 Å². The number of nitrogens with one attached hydrogen (secondary N) is 1. The fourth-order valence-electron chi connectivity index (χ4n) is 1.73. The van der Waals surface area contributed by atoms with E-state index in [0.717, 1.165) is 22.0 Å². The largest absolute Gasteiger partial charge is 0.267 e. The number of benzene rings is 1. The maximum Gasteiger partial charge on any atom is 0.129 e. The second-order valence-corrected chi connectivity index (χ2v) is 3.99. The molecule has 1 N–H and O–H groups in total. The quantitative estimate of drug-likeness (QED) is 0.664. The van der Waals surface area contributed by atoms with E-state index in [0.29, 0.717) is 4.64 Å². The number of aromatic nitrogens is 4. The molecule has 82 valence electrons. The van der Waals surface area contributed by atoms with E-state index in [9.17, 15) is 0 Å². The topological polar surface area (TPSA) is 54.5 Å². The van der Waals surface area contributed by atoms with E-state index in [-0.39, 0.29) is 0 Å². The highest BCUT2D eigenvalue weighted by Gasteiger charge is 2.06. The molecule has 3 aromatic rings. The summed E-state index contributed by atoms with van der Waals surface area (Å²) < 4.78 is 0.578. The molecule has 0 radical (unpaired) electrons. The van der Waals surface area contributed by atoms with Gasteiger partial charge < -0.3 is 0 Å². The fraction of sp³-hybridized carbons (Fsp3) is 0. The van der Waals surface area contributed by atoms with Gasteiger partial charge in [0.25, 0.3) is 0 Å². The molecule has 1 aromatic carbocycles. The summed E-state index contributed by atoms with van der Waals surface area (Å²) in [5.74, 6) is 0. The van der Waals surface area contributed by atoms with Crippen molar-refractivity contribution in [2.75, 3.05) is 0 Å². The van der Waals surface area contributed by atoms with Crippen LogP contribution in [0.5, 0.6) is 0 Å². The summed E-state index contributed by atoms with van der Waals surface area (Å²) >= 11 is 5.18. The monoisotopic (exact) mass is 240 g/mol. The van der Waals surface area contributed by atoms with Gasteiger partial charge in [0.2, 0.25) is 0 Å². The van der Waals surface area contributed by atoms with Gasteiger partial charge >= 0.3 is 0 Å². The first-order valence-electron chi connectivity index (χ1n) is 5.11. The van der Waals surface area contributed by atoms with Gasteiger partial charge in [-0.2, -0.15) is 15.3 Å². The fourth-order valence-corrected chi connectivity index (χ4v) is 1.94. The van der Waals surface area contributed by atoms with Crippen LogP contribution in [0.2, 0.25) is 0 Å². The lowest BCUT2D eigenvalue weighted by Gasteiger charge is -2.04. The molecule has 4 nitrogen and oxygen atoms in total. The molecule has 17 heavy (non-hydrogen) atoms. The lowest BCUT2D eigenvalue weighted by molar-refractivity contribution is 1.01. The van der Waals surface area contributed by atoms with E-state index >= 15 is 0 Å². The minimum Gasteiger partial charge on any atom is -0.267 e. The van der Waals surface area contributed by atoms with Gasteiger partial charge in [-0.1, -0.05) is 42.5 Å². The van der Waals surface area contributed by atoms with Crippen molar-refractivity contribution in [3.05, 3.63) is 47.4 Å². The smallest absolute Gasteiger partial charge is 0.129 e. The summed E-state index contributed by atoms with van der Waals surface area (Å²) in [5, 5.41) is 16.6. The first kappa shape index (κ1) is 10.0. The molecule has 0 bridgehead atoms. The third-order valence-electron chi connectivity index (χ3n) is 2.55. The van der Waals surface area contributed by atoms with Crippen molar-refractivity contribution in [2.45, 2.75) is 0 Å². The molecule has 0 spiro atoms. The Morgan fingerprint density at radius 3 is 2.41 bits per heavy atom. The zero-order chi connectivity index (χ0) is 11.7. The van der Waals surface area contributed by atoms with E-state index in [1.165, 1.54) is 0 Å². The number of hydrogen-bond acceptors (Lipinski definition) is 4. The summed E-state index contributed by atoms with van der Waals surface area (Å²) in [7, 11) is 0. The van der Waals surface area contributed by atoms with Crippen LogP contribution in [0.1, 0.15) is 0 Å². The summed E-state index contributed by atoms with van der Waals surface area (Å²) in [6, 6.07) is 9.91. The molecule has 0 saturated carbocycles. The zero-order valence-corrected chi connectivity index (χ0v) is 9.61. The van der Waals surface area contributed by atoms with E-state index in [1.807, 2.05) is 30.3 Å². The number of rotatable bonds is 1. The maximum absolute atomic E-state index is 5.18. The Balaban J connectivity index is 2.39. The summed E-state index contributed by atoms with van der Waals surface area (Å²) in [6.07, 6.45) is 3.34. The maximum atomic E-state index is 5.18. The van der Waals surface area contributed by atoms with E-state index in [2.05, 4.69) is 20.4 Å². The SMILES string of the molecule is S=c1[nH]nc(-c2ccccc2)c2cnncc12. The van der Waals surface area contributed by atoms with Crippen molar-refractivity contribution in [1.29, 1.82) is 0 Å². The first-order valence-corrected chi connectivity index (χ1v) is 5.51. The van der Waals surface area contributed by atoms with Crippen LogP contribution in [0.15, 0.2) is 42.7 Å². The van der Waals surface area contributed by atoms with Gasteiger partial charge in [-0.3, -0.25) is 5.10 Å². The molecule has 0 saturated heterocycles. The van der Waals surface area contributed by atoms with Crippen molar-refractivity contribution < 1.29 is 0 Å². The van der Waals surface area contributed by atoms with E-state index in [4.69, 9.17) is 12.2 Å². The number of aromatic amines is 1. The van der Waals surface area contributed by atoms with Crippen LogP contribution >= 0.6 is 12.2 Å². The molecular formula is C12H8N4S. The van der Waals surface area contributed by atoms with Crippen molar-refractivity contribution in [3.8, 4) is 11.3 Å². The summed E-state index contributed by atoms with van der Waals surface area (Å²) in [5.41, 5.74) is 1.86. The Kier molecular flexibility index (Phi) is 2.38. The van der Waals surface area contributed by atoms with Crippen LogP contribution < -0.4 is 0 Å². The van der Waals surface area contributed by atoms with Gasteiger partial charge in [-0.05, 0) is 0 Å². The molecule has 0 aliphatic carbocycles. The Labute approximate surface area is 102 Å². The number of nitrogens with zero attached hydrogens (tertiary/aromatic N) is 3. The van der Waals surface area contributed by atoms with Crippen LogP contribution in [-0.4, -0.2) is 20.4 Å². The van der Waals surface area contributed by atoms with Gasteiger partial charge in [0.15, 0.2) is 0 Å². The molecule has 0 aliphatic rings. The van der Waals surface area contributed by atoms with Gasteiger partial charge in [0.05, 0.1) is 12.4 Å². The highest BCUT2D eigenvalue weighted by atomic mass is 32.1. The average molecular weight is 240 g/mol. The minimum absolute atomic E-state index is 0.578. The number of hydrogen-bond donors (Lipinski definition) is 1. The van der Waals surface area contributed by atoms with Crippen LogP contribution in [-0.2, 0) is 0 Å². The van der Waals surface area contributed by atoms with E-state index in [1.54, 1.807) is 12.4 Å². The zero-order valence-electron chi connectivity index (χ0n) is 8.79. The highest BCUT2D eigenvalue weighted by molar-refractivity contribution is 7.71. The molecule has 0 amide bonds. The van der Waals surface area contributed by atoms with Crippen LogP contribution in [0.4, 0.5) is 0 Å². The standard InChI is InChI=1S/C12H8N4S/c17-12-10-7-14-13-6-9(10)11(15-16-12)8-4-2-1-3-5-8/h1-7H,(H,16,17). The molecule has 5 heteroatoms. The van der Waals surface area contributed by atoms with Crippen molar-refractivity contribution in [2.24, 2.45) is 0 Å². The molecule has 2 heterocycles. The average Bonchev–Trinajstić information content (AvgIpc) is 2.41. The predicted octanol–water partition coefficient (Wildman–Crippen LogP) is 2.75. The summed E-state index contributed by atoms with van der Waals surface area (Å²) in [4.78, 5) is 0. The molecule has 0 unspecified atom stereocenters. The molecule has 0 fully saturated rings. The lowest BCUT2D eigenvalue weighted by Crippen LogP contribution is -1.93. The van der Waals surface area contributed by atoms with Gasteiger partial charge in [0.1, 0.15) is 10.3 Å². The normalized spacial score (nSPS) is 10.6. The second-order valence-electron chi connectivity index (χ2n) is 3.58. The van der Waals surface area contributed by atoms with Crippen LogP contribution in [0.25, 0.3) is 22.0 Å². The predicted molar refractivity (Wildman–Crippen MR) is 68.0 cm³/mol. The van der Waals surface area contributed by atoms with Gasteiger partial charge in [-0.25, -0.2) is 0 Å². The second kappa shape index (κ2) is 4.03. The molecular weight excluding hydrogens is 232 g/mol. The third-order valence-corrected chi connectivity index (χ3v) is 2.86. The molecule has 0 atom stereocenters. The first-order chi connectivity index (χ1) is 8.36. The lowest BCUT2D eigenvalue weighted by atomic mass is 10.1. The molecule has 2 aromatic heterocycles. The molecule has 0 aliphatic heterocycles. The Morgan fingerprint density at radius 2 is 1.65 bits per heavy atom. The van der Waals surface area contributed by atoms with Crippen molar-refractivity contribution >= 4 is 23.0 Å². The minimum atomic E-state index is 0.578. The number of fused-ring (bicyclic) bond motifs is 1. The Morgan fingerprint density at radius 1 is 0.941 bits per heavy atom. The van der Waals surface area contributed by atoms with E-state index < -0.39 is 0 Å². The van der Waals surface area contributed by atoms with Crippen molar-refractivity contribution in [3.63, 3.8) is 0 Å². The number of H-pyrrole nitrogens is 1. The van der Waals surface area contributed by atoms with Crippen LogP contribution in [0.3, 0.4) is 0 Å². The van der Waals surface area contributed by atoms with Gasteiger partial charge in [-0.15, -0.1) is 0 Å². The Hall–Kier alpha value is -2.14. The Bertz CT molecular complexity index is 721. The third kappa shape index (κ3) is 1.70. The summed E-state index contributed by atoms with van der Waals surface area (Å²) in [6.45, 7) is 0. The molecule has 3 rings (SSSR count). The van der Waals surface area contributed by atoms with Crippen molar-refractivity contribution in [1.82, 2.24) is 20.4 Å². The highest BCUT2D eigenvalue weighted by Crippen LogP contribution is 2.24. The van der Waals surface area contributed by atoms with Crippen LogP contribution in [0, 0.1) is 4.64 Å².